The van der Waals surface area contributed by atoms with Gasteiger partial charge in [0.1, 0.15) is 22.3 Å². The third kappa shape index (κ3) is 9.74. The summed E-state index contributed by atoms with van der Waals surface area (Å²) in [5, 5.41) is 4.00. The predicted molar refractivity (Wildman–Crippen MR) is 433 cm³/mol. The Bertz CT molecular complexity index is 6690. The van der Waals surface area contributed by atoms with Gasteiger partial charge in [-0.1, -0.05) is 268 Å². The fraction of sp³-hybridized carbons (Fsp3) is 0.125. The maximum absolute atomic E-state index is 10.4. The highest BCUT2D eigenvalue weighted by Crippen LogP contribution is 2.55. The zero-order valence-corrected chi connectivity index (χ0v) is 58.5. The number of anilines is 6. The molecule has 0 bridgehead atoms. The summed E-state index contributed by atoms with van der Waals surface area (Å²) >= 11 is 0. The molecule has 17 aromatic rings. The molecule has 0 saturated heterocycles. The highest BCUT2D eigenvalue weighted by Gasteiger charge is 2.46. The molecular formula is C96H76BN3O2. The lowest BCUT2D eigenvalue weighted by molar-refractivity contribution is 0.569. The van der Waals surface area contributed by atoms with Gasteiger partial charge in [0.25, 0.3) is 6.71 Å². The van der Waals surface area contributed by atoms with E-state index in [1.165, 1.54) is 11.1 Å². The summed E-state index contributed by atoms with van der Waals surface area (Å²) in [6.45, 7) is 20.1. The maximum atomic E-state index is 10.4. The molecule has 14 aromatic carbocycles. The van der Waals surface area contributed by atoms with E-state index in [0.29, 0.717) is 16.8 Å². The lowest BCUT2D eigenvalue weighted by Gasteiger charge is -2.46. The van der Waals surface area contributed by atoms with Crippen LogP contribution >= 0.6 is 0 Å². The molecule has 3 aromatic heterocycles. The molecule has 6 heteroatoms. The van der Waals surface area contributed by atoms with Crippen LogP contribution in [0.3, 0.4) is 0 Å². The summed E-state index contributed by atoms with van der Waals surface area (Å²) in [6, 6.07) is 87.1. The van der Waals surface area contributed by atoms with Gasteiger partial charge in [-0.05, 0) is 185 Å². The monoisotopic (exact) mass is 1320 g/mol. The molecule has 0 spiro atoms. The molecule has 0 atom stereocenters. The Kier molecular flexibility index (Phi) is 12.1. The number of aromatic nitrogens is 1. The van der Waals surface area contributed by atoms with Crippen molar-refractivity contribution in [2.24, 2.45) is 0 Å². The number of nitrogens with zero attached hydrogens (tertiary/aromatic N) is 3. The van der Waals surface area contributed by atoms with Gasteiger partial charge in [0.2, 0.25) is 0 Å². The molecule has 0 fully saturated rings. The van der Waals surface area contributed by atoms with Crippen LogP contribution < -0.4 is 26.2 Å². The summed E-state index contributed by atoms with van der Waals surface area (Å²) in [5.41, 5.74) is 23.4. The molecule has 5 heterocycles. The summed E-state index contributed by atoms with van der Waals surface area (Å²) in [6.07, 6.45) is 0. The van der Waals surface area contributed by atoms with E-state index in [2.05, 4.69) is 242 Å². The molecule has 102 heavy (non-hydrogen) atoms. The van der Waals surface area contributed by atoms with Gasteiger partial charge in [-0.15, -0.1) is 0 Å². The Balaban J connectivity index is 0.982. The molecule has 0 amide bonds. The van der Waals surface area contributed by atoms with Gasteiger partial charge >= 0.3 is 0 Å². The van der Waals surface area contributed by atoms with Crippen molar-refractivity contribution < 1.29 is 18.4 Å². The maximum Gasteiger partial charge on any atom is 0.252 e. The first-order chi connectivity index (χ1) is 52.4. The molecule has 0 N–H and O–H groups in total. The zero-order valence-electron chi connectivity index (χ0n) is 65.5. The summed E-state index contributed by atoms with van der Waals surface area (Å²) < 4.78 is 85.5. The quantitative estimate of drug-likeness (QED) is 0.142. The smallest absolute Gasteiger partial charge is 0.252 e. The molecule has 0 unspecified atom stereocenters. The van der Waals surface area contributed by atoms with Crippen LogP contribution in [0.25, 0.3) is 127 Å². The second-order valence-corrected chi connectivity index (χ2v) is 30.7. The molecule has 0 aliphatic carbocycles. The number of furan rings is 2. The number of para-hydroxylation sites is 3. The Morgan fingerprint density at radius 3 is 1.36 bits per heavy atom. The van der Waals surface area contributed by atoms with Crippen molar-refractivity contribution in [3.8, 4) is 61.3 Å². The van der Waals surface area contributed by atoms with E-state index in [1.54, 1.807) is 4.57 Å². The van der Waals surface area contributed by atoms with Crippen molar-refractivity contribution in [2.45, 2.75) is 78.6 Å². The lowest BCUT2D eigenvalue weighted by atomic mass is 9.33. The first-order valence-electron chi connectivity index (χ1n) is 38.8. The zero-order chi connectivity index (χ0) is 75.2. The van der Waals surface area contributed by atoms with Crippen molar-refractivity contribution in [1.82, 2.24) is 4.57 Å². The first-order valence-corrected chi connectivity index (χ1v) is 35.3. The predicted octanol–water partition coefficient (Wildman–Crippen LogP) is 24.9. The van der Waals surface area contributed by atoms with Gasteiger partial charge in [0.15, 0.2) is 0 Å². The second-order valence-electron chi connectivity index (χ2n) is 30.7. The standard InChI is InChI=1S/C96H76BN3O2/c1-94(2,3)67-51-66(52-68(55-67)95(4,5)6)65-40-45-77-81(54-65)99(92-71(60-28-15-11-16-29-60)43-48-87-89(92)74-35-20-23-38-85(74)101-87)83-56-69(96(7,8)9)57-84-91(83)97(77)78-46-42-70(58-82(78)100(84)93-72(61-30-17-12-18-31-61)44-49-88-90(93)75-36-21-24-39-86(75)102-88)98-79-37-22-19-34-73(79)76-53-64(41-47-80(76)98)63-33-25-32-62(50-63)59-26-13-10-14-27-59/h10-58H,1-9H3/i19D,22D,34D,37D,41D,47D,53D. The van der Waals surface area contributed by atoms with Crippen LogP contribution in [0.5, 0.6) is 0 Å². The number of benzene rings is 14. The van der Waals surface area contributed by atoms with E-state index >= 15 is 0 Å². The van der Waals surface area contributed by atoms with Gasteiger partial charge in [-0.3, -0.25) is 0 Å². The second kappa shape index (κ2) is 22.8. The Morgan fingerprint density at radius 2 is 0.794 bits per heavy atom. The van der Waals surface area contributed by atoms with E-state index in [-0.39, 0.29) is 68.4 Å². The number of hydrogen-bond donors (Lipinski definition) is 0. The van der Waals surface area contributed by atoms with Gasteiger partial charge in [0, 0.05) is 61.1 Å². The molecule has 5 nitrogen and oxygen atoms in total. The van der Waals surface area contributed by atoms with Gasteiger partial charge in [0.05, 0.1) is 42.8 Å². The minimum absolute atomic E-state index is 0.0930. The summed E-state index contributed by atoms with van der Waals surface area (Å²) in [4.78, 5) is 4.99. The lowest BCUT2D eigenvalue weighted by Crippen LogP contribution is -2.61. The van der Waals surface area contributed by atoms with Gasteiger partial charge < -0.3 is 23.2 Å². The van der Waals surface area contributed by atoms with E-state index in [1.807, 2.05) is 84.9 Å². The van der Waals surface area contributed by atoms with E-state index in [4.69, 9.17) is 8.83 Å². The normalized spacial score (nSPS) is 14.0. The van der Waals surface area contributed by atoms with Crippen LogP contribution in [0, 0.1) is 0 Å². The highest BCUT2D eigenvalue weighted by molar-refractivity contribution is 7.00. The number of rotatable bonds is 8. The Morgan fingerprint density at radius 1 is 0.324 bits per heavy atom. The van der Waals surface area contributed by atoms with Crippen molar-refractivity contribution in [3.63, 3.8) is 0 Å². The van der Waals surface area contributed by atoms with Crippen LogP contribution in [-0.4, -0.2) is 11.3 Å². The summed E-state index contributed by atoms with van der Waals surface area (Å²) in [7, 11) is 0. The number of hydrogen-bond acceptors (Lipinski definition) is 4. The van der Waals surface area contributed by atoms with Crippen LogP contribution in [0.2, 0.25) is 0 Å². The van der Waals surface area contributed by atoms with E-state index in [9.17, 15) is 9.60 Å². The minimum Gasteiger partial charge on any atom is -0.456 e. The molecular weight excluding hydrogens is 1240 g/mol. The van der Waals surface area contributed by atoms with E-state index in [0.717, 1.165) is 139 Å². The fourth-order valence-electron chi connectivity index (χ4n) is 16.0. The third-order valence-electron chi connectivity index (χ3n) is 21.2. The third-order valence-corrected chi connectivity index (χ3v) is 21.2. The molecule has 490 valence electrons. The fourth-order valence-corrected chi connectivity index (χ4v) is 16.0. The van der Waals surface area contributed by atoms with Crippen molar-refractivity contribution in [1.29, 1.82) is 0 Å². The van der Waals surface area contributed by atoms with E-state index < -0.39 is 24.2 Å². The van der Waals surface area contributed by atoms with Gasteiger partial charge in [-0.25, -0.2) is 0 Å². The highest BCUT2D eigenvalue weighted by atomic mass is 16.3. The van der Waals surface area contributed by atoms with Crippen molar-refractivity contribution >= 4 is 123 Å². The first kappa shape index (κ1) is 54.0. The Labute approximate surface area is 606 Å². The van der Waals surface area contributed by atoms with Crippen LogP contribution in [0.4, 0.5) is 34.1 Å². The SMILES string of the molecule is [2H]c1c([2H])c([2H])c2c(c1[2H])c1c([2H])c(-c3cccc(-c4ccccc4)c3)c([2H])c([2H])c1n2-c1ccc2c(c1)N(c1c(-c3ccccc3)ccc3oc4ccccc4c13)c1cc(C(C)(C)C)cc3c1B2c1ccc(-c2cc(C(C)(C)C)cc(C(C)(C)C)c2)cc1N3c1c(-c2ccccc2)ccc2oc3ccccc3c12. The molecule has 0 saturated carbocycles. The largest absolute Gasteiger partial charge is 0.456 e. The average molecular weight is 1320 g/mol. The van der Waals surface area contributed by atoms with Gasteiger partial charge in [-0.2, -0.15) is 0 Å². The molecule has 2 aliphatic heterocycles. The van der Waals surface area contributed by atoms with Crippen LogP contribution in [-0.2, 0) is 16.2 Å². The molecule has 0 radical (unpaired) electrons. The summed E-state index contributed by atoms with van der Waals surface area (Å²) in [5.74, 6) is 0. The number of fused-ring (bicyclic) bond motifs is 13. The molecule has 2 aliphatic rings. The van der Waals surface area contributed by atoms with Crippen molar-refractivity contribution in [2.75, 3.05) is 9.80 Å². The Hall–Kier alpha value is -11.9. The van der Waals surface area contributed by atoms with Crippen LogP contribution in [0.15, 0.2) is 306 Å². The van der Waals surface area contributed by atoms with Crippen LogP contribution in [0.1, 0.15) is 88.6 Å². The minimum atomic E-state index is -0.484. The average Bonchev–Trinajstić information content (AvgIpc) is 1.60. The van der Waals surface area contributed by atoms with Crippen molar-refractivity contribution in [3.05, 3.63) is 314 Å². The topological polar surface area (TPSA) is 37.7 Å². The molecule has 19 rings (SSSR count).